The van der Waals surface area contributed by atoms with Crippen LogP contribution in [0.25, 0.3) is 0 Å². The number of nitrogens with one attached hydrogen (secondary N) is 1. The zero-order valence-electron chi connectivity index (χ0n) is 16.5. The number of amides is 3. The van der Waals surface area contributed by atoms with Gasteiger partial charge in [0.1, 0.15) is 12.6 Å². The van der Waals surface area contributed by atoms with E-state index in [1.807, 2.05) is 6.07 Å². The lowest BCUT2D eigenvalue weighted by Gasteiger charge is -2.39. The molecule has 2 heterocycles. The monoisotopic (exact) mass is 404 g/mol. The molecule has 158 valence electrons. The van der Waals surface area contributed by atoms with Crippen LogP contribution in [0.5, 0.6) is 0 Å². The van der Waals surface area contributed by atoms with Gasteiger partial charge in [0, 0.05) is 31.0 Å². The first-order valence-corrected chi connectivity index (χ1v) is 10.1. The van der Waals surface area contributed by atoms with Crippen molar-refractivity contribution in [1.82, 2.24) is 20.1 Å². The van der Waals surface area contributed by atoms with Crippen molar-refractivity contribution in [3.63, 3.8) is 0 Å². The van der Waals surface area contributed by atoms with Crippen molar-refractivity contribution < 1.29 is 24.6 Å². The third-order valence-corrected chi connectivity index (χ3v) is 5.47. The molecule has 0 radical (unpaired) electrons. The average molecular weight is 404 g/mol. The van der Waals surface area contributed by atoms with Crippen molar-refractivity contribution >= 4 is 17.9 Å². The number of aliphatic hydroxyl groups is 1. The summed E-state index contributed by atoms with van der Waals surface area (Å²) in [5.74, 6) is -1.67. The van der Waals surface area contributed by atoms with E-state index in [1.165, 1.54) is 29.0 Å². The van der Waals surface area contributed by atoms with Crippen LogP contribution in [-0.4, -0.2) is 81.7 Å². The van der Waals surface area contributed by atoms with Crippen molar-refractivity contribution in [3.8, 4) is 0 Å². The highest BCUT2D eigenvalue weighted by Gasteiger charge is 2.37. The molecule has 3 rings (SSSR count). The fourth-order valence-electron chi connectivity index (χ4n) is 3.91. The lowest BCUT2D eigenvalue weighted by atomic mass is 9.95. The molecule has 1 atom stereocenters. The summed E-state index contributed by atoms with van der Waals surface area (Å²) in [5.41, 5.74) is 3.56. The average Bonchev–Trinajstić information content (AvgIpc) is 2.72. The summed E-state index contributed by atoms with van der Waals surface area (Å²) in [6, 6.07) is 2.73. The maximum Gasteiger partial charge on any atom is 0.323 e. The van der Waals surface area contributed by atoms with E-state index in [9.17, 15) is 19.5 Å². The first-order valence-electron chi connectivity index (χ1n) is 10.1. The van der Waals surface area contributed by atoms with E-state index in [4.69, 9.17) is 10.1 Å². The molecule has 2 aliphatic rings. The first kappa shape index (κ1) is 21.0. The van der Waals surface area contributed by atoms with Crippen LogP contribution in [0.15, 0.2) is 12.1 Å². The lowest BCUT2D eigenvalue weighted by molar-refractivity contribution is -0.150. The summed E-state index contributed by atoms with van der Waals surface area (Å²) in [6.07, 6.45) is 6.01. The van der Waals surface area contributed by atoms with Gasteiger partial charge in [-0.3, -0.25) is 14.6 Å². The summed E-state index contributed by atoms with van der Waals surface area (Å²) >= 11 is 0. The number of urea groups is 1. The fraction of sp³-hybridized carbons (Fsp3) is 0.600. The highest BCUT2D eigenvalue weighted by molar-refractivity contribution is 5.90. The number of rotatable bonds is 7. The second-order valence-electron chi connectivity index (χ2n) is 7.50. The number of carboxylic acids is 1. The van der Waals surface area contributed by atoms with Gasteiger partial charge < -0.3 is 25.3 Å². The zero-order valence-corrected chi connectivity index (χ0v) is 16.5. The number of carbonyl (C=O) groups excluding carboxylic acids is 2. The lowest BCUT2D eigenvalue weighted by Crippen LogP contribution is -2.62. The number of carboxylic acid groups (broad SMARTS) is 1. The number of piperazine rings is 1. The van der Waals surface area contributed by atoms with Crippen LogP contribution in [0.1, 0.15) is 36.2 Å². The Morgan fingerprint density at radius 2 is 2.00 bits per heavy atom. The van der Waals surface area contributed by atoms with Crippen LogP contribution in [0.3, 0.4) is 0 Å². The Bertz CT molecular complexity index is 769. The van der Waals surface area contributed by atoms with Crippen LogP contribution in [0.4, 0.5) is 4.79 Å². The van der Waals surface area contributed by atoms with Gasteiger partial charge in [-0.15, -0.1) is 0 Å². The summed E-state index contributed by atoms with van der Waals surface area (Å²) in [5, 5.41) is 21.2. The van der Waals surface area contributed by atoms with E-state index in [0.717, 1.165) is 29.9 Å². The Morgan fingerprint density at radius 1 is 1.21 bits per heavy atom. The molecule has 1 saturated heterocycles. The summed E-state index contributed by atoms with van der Waals surface area (Å²) in [6.45, 7) is -0.226. The number of pyridine rings is 1. The van der Waals surface area contributed by atoms with Gasteiger partial charge in [0.15, 0.2) is 0 Å². The highest BCUT2D eigenvalue weighted by Crippen LogP contribution is 2.20. The molecule has 0 aromatic carbocycles. The van der Waals surface area contributed by atoms with E-state index in [1.54, 1.807) is 0 Å². The Labute approximate surface area is 169 Å². The van der Waals surface area contributed by atoms with Gasteiger partial charge in [-0.1, -0.05) is 6.07 Å². The Hall–Kier alpha value is -2.68. The number of hydrogen-bond donors (Lipinski definition) is 3. The minimum atomic E-state index is -1.12. The predicted molar refractivity (Wildman–Crippen MR) is 104 cm³/mol. The number of carbonyl (C=O) groups is 3. The maximum atomic E-state index is 12.4. The normalized spacial score (nSPS) is 19.1. The highest BCUT2D eigenvalue weighted by atomic mass is 16.4. The quantitative estimate of drug-likeness (QED) is 0.558. The van der Waals surface area contributed by atoms with Crippen molar-refractivity contribution in [2.45, 2.75) is 44.6 Å². The molecule has 29 heavy (non-hydrogen) atoms. The van der Waals surface area contributed by atoms with Crippen LogP contribution >= 0.6 is 0 Å². The number of fused-ring (bicyclic) bond motifs is 1. The predicted octanol–water partition coefficient (Wildman–Crippen LogP) is 0.192. The topological polar surface area (TPSA) is 123 Å². The van der Waals surface area contributed by atoms with Gasteiger partial charge in [-0.05, 0) is 50.2 Å². The van der Waals surface area contributed by atoms with Crippen LogP contribution < -0.4 is 5.32 Å². The van der Waals surface area contributed by atoms with E-state index < -0.39 is 37.1 Å². The number of aryl methyl sites for hydroxylation is 3. The molecule has 1 aliphatic carbocycles. The van der Waals surface area contributed by atoms with Gasteiger partial charge in [0.25, 0.3) is 0 Å². The minimum absolute atomic E-state index is 0.133. The van der Waals surface area contributed by atoms with Crippen molar-refractivity contribution in [2.75, 3.05) is 32.8 Å². The zero-order chi connectivity index (χ0) is 20.8. The third-order valence-electron chi connectivity index (χ3n) is 5.47. The standard InChI is InChI=1S/C20H28N4O5/c25-13-17-19(28)23(12-18(26)27)10-11-24(17)20(29)21-9-3-5-15-8-7-14-4-1-2-6-16(14)22-15/h7-8,17,25H,1-6,9-13H2,(H,21,29)(H,26,27)/t17-/m0/s1. The molecule has 3 N–H and O–H groups in total. The largest absolute Gasteiger partial charge is 0.480 e. The Morgan fingerprint density at radius 3 is 2.76 bits per heavy atom. The van der Waals surface area contributed by atoms with Crippen molar-refractivity contribution in [3.05, 3.63) is 29.1 Å². The Balaban J connectivity index is 1.46. The summed E-state index contributed by atoms with van der Waals surface area (Å²) in [7, 11) is 0. The smallest absolute Gasteiger partial charge is 0.323 e. The van der Waals surface area contributed by atoms with Gasteiger partial charge in [0.05, 0.1) is 6.61 Å². The number of nitrogens with zero attached hydrogens (tertiary/aromatic N) is 3. The second kappa shape index (κ2) is 9.69. The molecule has 1 fully saturated rings. The van der Waals surface area contributed by atoms with Crippen LogP contribution in [0, 0.1) is 0 Å². The molecule has 0 spiro atoms. The number of aliphatic hydroxyl groups excluding tert-OH is 1. The first-order chi connectivity index (χ1) is 14.0. The Kier molecular flexibility index (Phi) is 7.03. The molecule has 3 amide bonds. The van der Waals surface area contributed by atoms with Crippen molar-refractivity contribution in [2.24, 2.45) is 0 Å². The number of aliphatic carboxylic acids is 1. The molecule has 1 aliphatic heterocycles. The van der Waals surface area contributed by atoms with E-state index in [0.29, 0.717) is 13.0 Å². The molecular weight excluding hydrogens is 376 g/mol. The molecule has 9 heteroatoms. The van der Waals surface area contributed by atoms with Gasteiger partial charge in [0.2, 0.25) is 5.91 Å². The van der Waals surface area contributed by atoms with E-state index >= 15 is 0 Å². The third kappa shape index (κ3) is 5.23. The minimum Gasteiger partial charge on any atom is -0.480 e. The number of aromatic nitrogens is 1. The van der Waals surface area contributed by atoms with E-state index in [-0.39, 0.29) is 13.1 Å². The molecule has 0 unspecified atom stereocenters. The molecular formula is C20H28N4O5. The molecule has 1 aromatic rings. The summed E-state index contributed by atoms with van der Waals surface area (Å²) in [4.78, 5) is 42.8. The SMILES string of the molecule is O=C(O)CN1CCN(C(=O)NCCCc2ccc3c(n2)CCCC3)[C@@H](CO)C1=O. The molecule has 0 saturated carbocycles. The maximum absolute atomic E-state index is 12.4. The van der Waals surface area contributed by atoms with Gasteiger partial charge in [-0.2, -0.15) is 0 Å². The number of hydrogen-bond acceptors (Lipinski definition) is 5. The molecule has 9 nitrogen and oxygen atoms in total. The fourth-order valence-corrected chi connectivity index (χ4v) is 3.91. The van der Waals surface area contributed by atoms with Gasteiger partial charge >= 0.3 is 12.0 Å². The van der Waals surface area contributed by atoms with Crippen LogP contribution in [0.2, 0.25) is 0 Å². The van der Waals surface area contributed by atoms with Crippen molar-refractivity contribution in [1.29, 1.82) is 0 Å². The summed E-state index contributed by atoms with van der Waals surface area (Å²) < 4.78 is 0. The van der Waals surface area contributed by atoms with E-state index in [2.05, 4.69) is 11.4 Å². The second-order valence-corrected chi connectivity index (χ2v) is 7.50. The van der Waals surface area contributed by atoms with Gasteiger partial charge in [-0.25, -0.2) is 4.79 Å². The molecule has 1 aromatic heterocycles. The van der Waals surface area contributed by atoms with Crippen LogP contribution in [-0.2, 0) is 28.9 Å². The molecule has 0 bridgehead atoms.